The summed E-state index contributed by atoms with van der Waals surface area (Å²) in [5.74, 6) is 1.79. The Bertz CT molecular complexity index is 1040. The van der Waals surface area contributed by atoms with Gasteiger partial charge < -0.3 is 14.6 Å². The van der Waals surface area contributed by atoms with Crippen LogP contribution in [0.4, 0.5) is 5.69 Å². The van der Waals surface area contributed by atoms with Crippen LogP contribution < -0.4 is 10.1 Å². The van der Waals surface area contributed by atoms with Gasteiger partial charge in [0.1, 0.15) is 5.75 Å². The first-order valence-corrected chi connectivity index (χ1v) is 12.7. The van der Waals surface area contributed by atoms with E-state index in [0.717, 1.165) is 52.8 Å². The van der Waals surface area contributed by atoms with E-state index >= 15 is 0 Å². The molecule has 1 amide bonds. The van der Waals surface area contributed by atoms with Crippen LogP contribution in [0.2, 0.25) is 0 Å². The Kier molecular flexibility index (Phi) is 8.95. The number of aryl methyl sites for hydroxylation is 3. The molecule has 0 radical (unpaired) electrons. The van der Waals surface area contributed by atoms with E-state index in [0.29, 0.717) is 6.54 Å². The lowest BCUT2D eigenvalue weighted by Gasteiger charge is -2.16. The second kappa shape index (κ2) is 11.9. The predicted molar refractivity (Wildman–Crippen MR) is 135 cm³/mol. The first kappa shape index (κ1) is 24.8. The number of hydrogen-bond acceptors (Lipinski definition) is 5. The first-order chi connectivity index (χ1) is 16.0. The molecular weight excluding hydrogens is 432 g/mol. The van der Waals surface area contributed by atoms with Gasteiger partial charge in [0, 0.05) is 12.2 Å². The summed E-state index contributed by atoms with van der Waals surface area (Å²) < 4.78 is 8.11. The molecule has 3 aromatic rings. The standard InChI is InChI=1S/C26H34N4O2S/c1-6-19-13-15-22(16-14-19)32-18(5)25-28-29-26(30(25)9-4)33-17-23(31)27-24-20(7-2)11-10-12-21(24)8-3/h10-16,18H,6-9,17H2,1-5H3,(H,27,31). The van der Waals surface area contributed by atoms with Crippen LogP contribution in [0.25, 0.3) is 0 Å². The molecule has 0 aliphatic rings. The summed E-state index contributed by atoms with van der Waals surface area (Å²) in [4.78, 5) is 12.7. The molecule has 6 nitrogen and oxygen atoms in total. The zero-order chi connectivity index (χ0) is 23.8. The molecule has 33 heavy (non-hydrogen) atoms. The van der Waals surface area contributed by atoms with Crippen molar-refractivity contribution >= 4 is 23.4 Å². The average molecular weight is 467 g/mol. The quantitative estimate of drug-likeness (QED) is 0.359. The number of amides is 1. The summed E-state index contributed by atoms with van der Waals surface area (Å²) in [6.07, 6.45) is 2.50. The van der Waals surface area contributed by atoms with Gasteiger partial charge in [0.15, 0.2) is 17.1 Å². The lowest BCUT2D eigenvalue weighted by Crippen LogP contribution is -2.17. The fourth-order valence-corrected chi connectivity index (χ4v) is 4.58. The lowest BCUT2D eigenvalue weighted by atomic mass is 10.0. The second-order valence-corrected chi connectivity index (χ2v) is 8.78. The molecule has 1 N–H and O–H groups in total. The number of rotatable bonds is 11. The van der Waals surface area contributed by atoms with Gasteiger partial charge in [0.25, 0.3) is 0 Å². The predicted octanol–water partition coefficient (Wildman–Crippen LogP) is 5.86. The maximum Gasteiger partial charge on any atom is 0.234 e. The highest BCUT2D eigenvalue weighted by atomic mass is 32.2. The van der Waals surface area contributed by atoms with E-state index in [1.807, 2.05) is 30.5 Å². The van der Waals surface area contributed by atoms with Gasteiger partial charge in [-0.15, -0.1) is 10.2 Å². The Labute approximate surface area is 201 Å². The maximum absolute atomic E-state index is 12.7. The number of aromatic nitrogens is 3. The Morgan fingerprint density at radius 2 is 1.67 bits per heavy atom. The van der Waals surface area contributed by atoms with E-state index in [4.69, 9.17) is 4.74 Å². The fourth-order valence-electron chi connectivity index (χ4n) is 3.77. The third kappa shape index (κ3) is 6.16. The van der Waals surface area contributed by atoms with Crippen molar-refractivity contribution in [2.75, 3.05) is 11.1 Å². The number of nitrogens with one attached hydrogen (secondary N) is 1. The summed E-state index contributed by atoms with van der Waals surface area (Å²) >= 11 is 1.40. The van der Waals surface area contributed by atoms with Crippen molar-refractivity contribution in [3.8, 4) is 5.75 Å². The van der Waals surface area contributed by atoms with E-state index in [1.54, 1.807) is 0 Å². The van der Waals surface area contributed by atoms with E-state index in [1.165, 1.54) is 17.3 Å². The molecule has 0 saturated heterocycles. The smallest absolute Gasteiger partial charge is 0.234 e. The highest BCUT2D eigenvalue weighted by Crippen LogP contribution is 2.26. The van der Waals surface area contributed by atoms with Crippen molar-refractivity contribution in [3.63, 3.8) is 0 Å². The summed E-state index contributed by atoms with van der Waals surface area (Å²) in [5, 5.41) is 12.5. The van der Waals surface area contributed by atoms with Crippen LogP contribution in [0.5, 0.6) is 5.75 Å². The molecule has 0 spiro atoms. The van der Waals surface area contributed by atoms with Crippen molar-refractivity contribution in [1.82, 2.24) is 14.8 Å². The molecule has 7 heteroatoms. The molecule has 176 valence electrons. The largest absolute Gasteiger partial charge is 0.483 e. The molecule has 3 rings (SSSR count). The molecule has 0 fully saturated rings. The number of para-hydroxylation sites is 1. The minimum absolute atomic E-state index is 0.0388. The number of thioether (sulfide) groups is 1. The highest BCUT2D eigenvalue weighted by Gasteiger charge is 2.20. The Morgan fingerprint density at radius 3 is 2.24 bits per heavy atom. The number of carbonyl (C=O) groups excluding carboxylic acids is 1. The van der Waals surface area contributed by atoms with Gasteiger partial charge in [-0.2, -0.15) is 0 Å². The van der Waals surface area contributed by atoms with Gasteiger partial charge in [-0.25, -0.2) is 0 Å². The van der Waals surface area contributed by atoms with Gasteiger partial charge in [0.2, 0.25) is 5.91 Å². The van der Waals surface area contributed by atoms with Crippen LogP contribution in [0.1, 0.15) is 63.2 Å². The van der Waals surface area contributed by atoms with Crippen molar-refractivity contribution < 1.29 is 9.53 Å². The summed E-state index contributed by atoms with van der Waals surface area (Å²) in [5.41, 5.74) is 4.53. The van der Waals surface area contributed by atoms with Crippen LogP contribution in [-0.4, -0.2) is 26.4 Å². The minimum Gasteiger partial charge on any atom is -0.483 e. The van der Waals surface area contributed by atoms with Crippen LogP contribution in [0, 0.1) is 0 Å². The highest BCUT2D eigenvalue weighted by molar-refractivity contribution is 7.99. The lowest BCUT2D eigenvalue weighted by molar-refractivity contribution is -0.113. The summed E-state index contributed by atoms with van der Waals surface area (Å²) in [6.45, 7) is 11.1. The average Bonchev–Trinajstić information content (AvgIpc) is 3.26. The number of carbonyl (C=O) groups is 1. The number of ether oxygens (including phenoxy) is 1. The van der Waals surface area contributed by atoms with Crippen molar-refractivity contribution in [2.24, 2.45) is 0 Å². The molecule has 1 unspecified atom stereocenters. The molecule has 0 aliphatic heterocycles. The van der Waals surface area contributed by atoms with Crippen LogP contribution in [-0.2, 0) is 30.6 Å². The zero-order valence-electron chi connectivity index (χ0n) is 20.2. The van der Waals surface area contributed by atoms with E-state index < -0.39 is 0 Å². The van der Waals surface area contributed by atoms with Crippen LogP contribution >= 0.6 is 11.8 Å². The van der Waals surface area contributed by atoms with Gasteiger partial charge in [-0.05, 0) is 61.9 Å². The van der Waals surface area contributed by atoms with Crippen LogP contribution in [0.3, 0.4) is 0 Å². The normalized spacial score (nSPS) is 11.9. The monoisotopic (exact) mass is 466 g/mol. The third-order valence-corrected chi connectivity index (χ3v) is 6.63. The Balaban J connectivity index is 1.66. The number of nitrogens with zero attached hydrogens (tertiary/aromatic N) is 3. The molecule has 0 aliphatic carbocycles. The fraction of sp³-hybridized carbons (Fsp3) is 0.423. The van der Waals surface area contributed by atoms with Gasteiger partial charge in [-0.1, -0.05) is 62.9 Å². The third-order valence-electron chi connectivity index (χ3n) is 5.67. The topological polar surface area (TPSA) is 69.0 Å². The minimum atomic E-state index is -0.253. The molecule has 1 atom stereocenters. The molecule has 1 aromatic heterocycles. The second-order valence-electron chi connectivity index (χ2n) is 7.84. The molecular formula is C26H34N4O2S. The SMILES string of the molecule is CCc1ccc(OC(C)c2nnc(SCC(=O)Nc3c(CC)cccc3CC)n2CC)cc1. The molecule has 1 heterocycles. The molecule has 0 bridgehead atoms. The van der Waals surface area contributed by atoms with Crippen LogP contribution in [0.15, 0.2) is 47.6 Å². The number of benzene rings is 2. The van der Waals surface area contributed by atoms with Gasteiger partial charge >= 0.3 is 0 Å². The van der Waals surface area contributed by atoms with E-state index in [-0.39, 0.29) is 17.8 Å². The van der Waals surface area contributed by atoms with Crippen molar-refractivity contribution in [3.05, 3.63) is 65.0 Å². The molecule has 0 saturated carbocycles. The van der Waals surface area contributed by atoms with Gasteiger partial charge in [0.05, 0.1) is 5.75 Å². The first-order valence-electron chi connectivity index (χ1n) is 11.7. The van der Waals surface area contributed by atoms with Crippen molar-refractivity contribution in [1.29, 1.82) is 0 Å². The Morgan fingerprint density at radius 1 is 1.00 bits per heavy atom. The van der Waals surface area contributed by atoms with Crippen molar-refractivity contribution in [2.45, 2.75) is 71.7 Å². The molecule has 2 aromatic carbocycles. The van der Waals surface area contributed by atoms with E-state index in [9.17, 15) is 4.79 Å². The Hall–Kier alpha value is -2.80. The summed E-state index contributed by atoms with van der Waals surface area (Å²) in [7, 11) is 0. The maximum atomic E-state index is 12.7. The number of anilines is 1. The zero-order valence-corrected chi connectivity index (χ0v) is 21.0. The number of hydrogen-bond donors (Lipinski definition) is 1. The van der Waals surface area contributed by atoms with Gasteiger partial charge in [-0.3, -0.25) is 4.79 Å². The summed E-state index contributed by atoms with van der Waals surface area (Å²) in [6, 6.07) is 14.3. The van der Waals surface area contributed by atoms with E-state index in [2.05, 4.69) is 66.6 Å².